The first-order valence-electron chi connectivity index (χ1n) is 9.18. The number of aryl methyl sites for hydroxylation is 2. The molecule has 0 spiro atoms. The molecule has 2 aliphatic rings. The summed E-state index contributed by atoms with van der Waals surface area (Å²) >= 11 is 0. The van der Waals surface area contributed by atoms with E-state index in [1.54, 1.807) is 0 Å². The van der Waals surface area contributed by atoms with Crippen molar-refractivity contribution < 1.29 is 9.59 Å². The zero-order chi connectivity index (χ0) is 17.6. The van der Waals surface area contributed by atoms with Crippen LogP contribution in [-0.2, 0) is 17.6 Å². The van der Waals surface area contributed by atoms with Gasteiger partial charge in [-0.1, -0.05) is 38.1 Å². The summed E-state index contributed by atoms with van der Waals surface area (Å²) in [6.45, 7) is 6.33. The van der Waals surface area contributed by atoms with Crippen LogP contribution in [-0.4, -0.2) is 47.8 Å². The van der Waals surface area contributed by atoms with E-state index >= 15 is 0 Å². The van der Waals surface area contributed by atoms with E-state index in [1.165, 1.54) is 16.5 Å². The highest BCUT2D eigenvalue weighted by atomic mass is 16.2. The SMILES string of the molecule is CC(C)C(=O)N1CCN(C(=O)c2ccc3c4c(cccc24)CC3)CC1. The first kappa shape index (κ1) is 16.1. The number of nitrogens with zero attached hydrogens (tertiary/aromatic N) is 2. The van der Waals surface area contributed by atoms with Crippen molar-refractivity contribution in [1.82, 2.24) is 9.80 Å². The highest BCUT2D eigenvalue weighted by Gasteiger charge is 2.27. The van der Waals surface area contributed by atoms with E-state index in [9.17, 15) is 9.59 Å². The van der Waals surface area contributed by atoms with Crippen LogP contribution in [0, 0.1) is 5.92 Å². The topological polar surface area (TPSA) is 40.6 Å². The van der Waals surface area contributed by atoms with Crippen molar-refractivity contribution in [2.75, 3.05) is 26.2 Å². The predicted octanol–water partition coefficient (Wildman–Crippen LogP) is 2.88. The summed E-state index contributed by atoms with van der Waals surface area (Å²) in [4.78, 5) is 29.0. The van der Waals surface area contributed by atoms with E-state index in [0.717, 1.165) is 23.8 Å². The monoisotopic (exact) mass is 336 g/mol. The Kier molecular flexibility index (Phi) is 3.98. The van der Waals surface area contributed by atoms with E-state index < -0.39 is 0 Å². The lowest BCUT2D eigenvalue weighted by Gasteiger charge is -2.35. The maximum absolute atomic E-state index is 13.1. The molecule has 1 aliphatic carbocycles. The molecule has 4 rings (SSSR count). The third-order valence-corrected chi connectivity index (χ3v) is 5.48. The van der Waals surface area contributed by atoms with E-state index in [2.05, 4.69) is 24.3 Å². The van der Waals surface area contributed by atoms with Crippen LogP contribution in [0.1, 0.15) is 35.3 Å². The van der Waals surface area contributed by atoms with Crippen LogP contribution in [0.2, 0.25) is 0 Å². The van der Waals surface area contributed by atoms with Gasteiger partial charge in [-0.05, 0) is 40.8 Å². The molecule has 2 amide bonds. The van der Waals surface area contributed by atoms with E-state index in [1.807, 2.05) is 29.7 Å². The van der Waals surface area contributed by atoms with Gasteiger partial charge >= 0.3 is 0 Å². The molecule has 0 unspecified atom stereocenters. The molecule has 2 aromatic carbocycles. The number of carbonyl (C=O) groups excluding carboxylic acids is 2. The van der Waals surface area contributed by atoms with Gasteiger partial charge in [0.1, 0.15) is 0 Å². The molecule has 1 heterocycles. The highest BCUT2D eigenvalue weighted by Crippen LogP contribution is 2.33. The second kappa shape index (κ2) is 6.17. The quantitative estimate of drug-likeness (QED) is 0.846. The Bertz CT molecular complexity index is 838. The van der Waals surface area contributed by atoms with Crippen LogP contribution >= 0.6 is 0 Å². The molecule has 1 saturated heterocycles. The summed E-state index contributed by atoms with van der Waals surface area (Å²) in [5.74, 6) is 0.281. The molecule has 0 radical (unpaired) electrons. The number of benzene rings is 2. The normalized spacial score (nSPS) is 16.8. The van der Waals surface area contributed by atoms with Gasteiger partial charge in [-0.3, -0.25) is 9.59 Å². The fraction of sp³-hybridized carbons (Fsp3) is 0.429. The van der Waals surface area contributed by atoms with Gasteiger partial charge in [-0.25, -0.2) is 0 Å². The van der Waals surface area contributed by atoms with Crippen LogP contribution in [0.25, 0.3) is 10.8 Å². The predicted molar refractivity (Wildman–Crippen MR) is 98.7 cm³/mol. The zero-order valence-electron chi connectivity index (χ0n) is 14.9. The summed E-state index contributed by atoms with van der Waals surface area (Å²) in [5.41, 5.74) is 3.51. The minimum atomic E-state index is 0.0127. The molecule has 4 heteroatoms. The highest BCUT2D eigenvalue weighted by molar-refractivity contribution is 6.09. The summed E-state index contributed by atoms with van der Waals surface area (Å²) in [6, 6.07) is 10.4. The molecule has 0 saturated carbocycles. The Morgan fingerprint density at radius 2 is 1.52 bits per heavy atom. The molecular weight excluding hydrogens is 312 g/mol. The third kappa shape index (κ3) is 2.70. The molecule has 0 bridgehead atoms. The van der Waals surface area contributed by atoms with Crippen molar-refractivity contribution in [3.8, 4) is 0 Å². The molecule has 1 aliphatic heterocycles. The fourth-order valence-corrected chi connectivity index (χ4v) is 4.10. The lowest BCUT2D eigenvalue weighted by Crippen LogP contribution is -2.51. The van der Waals surface area contributed by atoms with Gasteiger partial charge in [-0.2, -0.15) is 0 Å². The van der Waals surface area contributed by atoms with Crippen molar-refractivity contribution in [3.63, 3.8) is 0 Å². The number of carbonyl (C=O) groups is 2. The molecule has 0 aromatic heterocycles. The van der Waals surface area contributed by atoms with Gasteiger partial charge in [0.25, 0.3) is 5.91 Å². The van der Waals surface area contributed by atoms with Crippen LogP contribution in [0.3, 0.4) is 0 Å². The van der Waals surface area contributed by atoms with Crippen LogP contribution in [0.15, 0.2) is 30.3 Å². The second-order valence-electron chi connectivity index (χ2n) is 7.38. The van der Waals surface area contributed by atoms with Crippen LogP contribution < -0.4 is 0 Å². The zero-order valence-corrected chi connectivity index (χ0v) is 14.9. The molecule has 2 aromatic rings. The molecule has 1 fully saturated rings. The summed E-state index contributed by atoms with van der Waals surface area (Å²) in [6.07, 6.45) is 2.14. The molecular formula is C21H24N2O2. The van der Waals surface area contributed by atoms with Gasteiger partial charge in [-0.15, -0.1) is 0 Å². The molecule has 25 heavy (non-hydrogen) atoms. The fourth-order valence-electron chi connectivity index (χ4n) is 4.10. The Morgan fingerprint density at radius 3 is 2.20 bits per heavy atom. The molecule has 4 nitrogen and oxygen atoms in total. The van der Waals surface area contributed by atoms with Gasteiger partial charge in [0.2, 0.25) is 5.91 Å². The van der Waals surface area contributed by atoms with E-state index in [4.69, 9.17) is 0 Å². The smallest absolute Gasteiger partial charge is 0.254 e. The molecule has 130 valence electrons. The van der Waals surface area contributed by atoms with Crippen molar-refractivity contribution in [1.29, 1.82) is 0 Å². The van der Waals surface area contributed by atoms with Gasteiger partial charge < -0.3 is 9.80 Å². The molecule has 0 N–H and O–H groups in total. The van der Waals surface area contributed by atoms with Crippen molar-refractivity contribution in [2.24, 2.45) is 5.92 Å². The standard InChI is InChI=1S/C21H24N2O2/c1-14(2)20(24)22-10-12-23(13-11-22)21(25)18-9-8-16-7-6-15-4-3-5-17(18)19(15)16/h3-5,8-9,14H,6-7,10-13H2,1-2H3. The minimum absolute atomic E-state index is 0.0127. The Morgan fingerprint density at radius 1 is 0.880 bits per heavy atom. The summed E-state index contributed by atoms with van der Waals surface area (Å²) < 4.78 is 0. The maximum Gasteiger partial charge on any atom is 0.254 e. The van der Waals surface area contributed by atoms with E-state index in [0.29, 0.717) is 26.2 Å². The number of hydrogen-bond acceptors (Lipinski definition) is 2. The average Bonchev–Trinajstić information content (AvgIpc) is 3.06. The number of rotatable bonds is 2. The number of amides is 2. The lowest BCUT2D eigenvalue weighted by molar-refractivity contribution is -0.135. The average molecular weight is 336 g/mol. The van der Waals surface area contributed by atoms with Gasteiger partial charge in [0.15, 0.2) is 0 Å². The van der Waals surface area contributed by atoms with Gasteiger partial charge in [0.05, 0.1) is 0 Å². The van der Waals surface area contributed by atoms with Crippen molar-refractivity contribution in [3.05, 3.63) is 47.0 Å². The maximum atomic E-state index is 13.1. The minimum Gasteiger partial charge on any atom is -0.339 e. The first-order valence-corrected chi connectivity index (χ1v) is 9.18. The van der Waals surface area contributed by atoms with Crippen LogP contribution in [0.4, 0.5) is 0 Å². The first-order chi connectivity index (χ1) is 12.1. The number of piperazine rings is 1. The Hall–Kier alpha value is -2.36. The largest absolute Gasteiger partial charge is 0.339 e. The third-order valence-electron chi connectivity index (χ3n) is 5.48. The Labute approximate surface area is 148 Å². The molecule has 0 atom stereocenters. The van der Waals surface area contributed by atoms with Crippen LogP contribution in [0.5, 0.6) is 0 Å². The Balaban J connectivity index is 1.57. The van der Waals surface area contributed by atoms with Crippen molar-refractivity contribution >= 4 is 22.6 Å². The van der Waals surface area contributed by atoms with Crippen molar-refractivity contribution in [2.45, 2.75) is 26.7 Å². The number of hydrogen-bond donors (Lipinski definition) is 0. The van der Waals surface area contributed by atoms with Gasteiger partial charge in [0, 0.05) is 37.7 Å². The summed E-state index contributed by atoms with van der Waals surface area (Å²) in [7, 11) is 0. The lowest BCUT2D eigenvalue weighted by atomic mass is 9.99. The second-order valence-corrected chi connectivity index (χ2v) is 7.38. The van der Waals surface area contributed by atoms with E-state index in [-0.39, 0.29) is 17.7 Å². The summed E-state index contributed by atoms with van der Waals surface area (Å²) in [5, 5.41) is 2.36.